The summed E-state index contributed by atoms with van der Waals surface area (Å²) in [6, 6.07) is 0. The predicted octanol–water partition coefficient (Wildman–Crippen LogP) is 1.04. The van der Waals surface area contributed by atoms with E-state index in [0.29, 0.717) is 0 Å². The van der Waals surface area contributed by atoms with Crippen LogP contribution in [-0.2, 0) is 67.4 Å². The van der Waals surface area contributed by atoms with E-state index >= 15 is 0 Å². The van der Waals surface area contributed by atoms with E-state index in [0.717, 1.165) is 29.1 Å². The van der Waals surface area contributed by atoms with E-state index in [1.54, 1.807) is 0 Å². The van der Waals surface area contributed by atoms with Gasteiger partial charge in [0, 0.05) is 68.3 Å². The summed E-state index contributed by atoms with van der Waals surface area (Å²) >= 11 is 9.69. The smallest absolute Gasteiger partial charge is 0.0676 e. The van der Waals surface area contributed by atoms with Gasteiger partial charge in [-0.15, -0.1) is 5.75 Å². The Hall–Kier alpha value is 1.96. The average molecular weight is 676 g/mol. The van der Waals surface area contributed by atoms with Crippen molar-refractivity contribution in [3.05, 3.63) is 0 Å². The molecular formula is C14H34N3S2W2-. The second-order valence-corrected chi connectivity index (χ2v) is 6.38. The average Bonchev–Trinajstić information content (AvgIpc) is 2.34. The molecule has 0 aromatic heterocycles. The van der Waals surface area contributed by atoms with Crippen molar-refractivity contribution in [2.45, 2.75) is 13.8 Å². The van der Waals surface area contributed by atoms with Crippen molar-refractivity contribution in [1.82, 2.24) is 9.80 Å². The van der Waals surface area contributed by atoms with Crippen LogP contribution >= 0.6 is 0 Å². The van der Waals surface area contributed by atoms with E-state index in [1.165, 1.54) is 26.2 Å². The van der Waals surface area contributed by atoms with E-state index in [1.807, 2.05) is 13.8 Å². The second kappa shape index (κ2) is 20.0. The van der Waals surface area contributed by atoms with Gasteiger partial charge in [0.25, 0.3) is 0 Å². The summed E-state index contributed by atoms with van der Waals surface area (Å²) in [7, 11) is 8.61. The van der Waals surface area contributed by atoms with Crippen molar-refractivity contribution >= 4 is 25.3 Å². The zero-order valence-electron chi connectivity index (χ0n) is 14.6. The molecule has 0 aromatic carbocycles. The maximum Gasteiger partial charge on any atom is 0.0676 e. The van der Waals surface area contributed by atoms with Crippen LogP contribution < -0.4 is 0 Å². The number of likely N-dealkylation sites (N-methyl/N-ethyl adjacent to an activating group) is 1. The molecule has 0 unspecified atom stereocenters. The van der Waals surface area contributed by atoms with Gasteiger partial charge in [-0.05, 0) is 13.6 Å². The summed E-state index contributed by atoms with van der Waals surface area (Å²) < 4.78 is 0.990. The minimum Gasteiger partial charge on any atom is -0.791 e. The molecule has 0 amide bonds. The molecule has 0 atom stereocenters. The number of nitrogens with zero attached hydrogens (tertiary/aromatic N) is 3. The Morgan fingerprint density at radius 2 is 1.29 bits per heavy atom. The topological polar surface area (TPSA) is 6.48 Å². The van der Waals surface area contributed by atoms with Gasteiger partial charge in [0.2, 0.25) is 0 Å². The molecule has 0 spiro atoms. The minimum absolute atomic E-state index is 0. The number of quaternary nitrogens is 1. The third-order valence-electron chi connectivity index (χ3n) is 2.77. The van der Waals surface area contributed by atoms with Crippen molar-refractivity contribution < 1.29 is 46.6 Å². The summed E-state index contributed by atoms with van der Waals surface area (Å²) in [6.07, 6.45) is 0. The summed E-state index contributed by atoms with van der Waals surface area (Å²) in [5.74, 6) is 1.74. The fourth-order valence-corrected chi connectivity index (χ4v) is 2.28. The zero-order valence-corrected chi connectivity index (χ0v) is 22.1. The molecule has 3 nitrogen and oxygen atoms in total. The van der Waals surface area contributed by atoms with Crippen molar-refractivity contribution in [2.24, 2.45) is 0 Å². The van der Waals surface area contributed by atoms with Crippen LogP contribution in [0.4, 0.5) is 0 Å². The molecule has 0 saturated carbocycles. The first-order valence-corrected chi connectivity index (χ1v) is 8.42. The van der Waals surface area contributed by atoms with E-state index in [2.05, 4.69) is 38.0 Å². The maximum atomic E-state index is 4.91. The zero-order chi connectivity index (χ0) is 15.3. The molecular weight excluding hydrogens is 642 g/mol. The van der Waals surface area contributed by atoms with Gasteiger partial charge in [-0.1, -0.05) is 13.8 Å². The molecule has 1 aliphatic heterocycles. The quantitative estimate of drug-likeness (QED) is 0.325. The molecule has 1 rings (SSSR count). The van der Waals surface area contributed by atoms with Crippen molar-refractivity contribution in [3.63, 3.8) is 0 Å². The third-order valence-corrected chi connectivity index (χ3v) is 3.13. The number of hydrogen-bond acceptors (Lipinski definition) is 4. The Bertz CT molecular complexity index is 186. The fraction of sp³-hybridized carbons (Fsp3) is 1.00. The molecule has 1 fully saturated rings. The molecule has 130 valence electrons. The van der Waals surface area contributed by atoms with Crippen LogP contribution in [0.2, 0.25) is 0 Å². The first-order chi connectivity index (χ1) is 8.89. The van der Waals surface area contributed by atoms with Gasteiger partial charge in [0.15, 0.2) is 0 Å². The third kappa shape index (κ3) is 24.3. The first-order valence-electron chi connectivity index (χ1n) is 7.26. The van der Waals surface area contributed by atoms with Crippen LogP contribution in [0.1, 0.15) is 13.8 Å². The standard InChI is InChI=1S/C7H16N2S.C5H13NS.C2H6.2W/c1-8-2-4-9(5-3-8)6-7-10;1-6(2,3)4-5-7;1-2;;/h10H,2-7H2,1H3;4-5H2,1-3H3;1-2H3;;/p-1. The molecule has 7 heteroatoms. The summed E-state index contributed by atoms with van der Waals surface area (Å²) in [4.78, 5) is 4.80. The van der Waals surface area contributed by atoms with Gasteiger partial charge >= 0.3 is 0 Å². The maximum absolute atomic E-state index is 4.91. The fourth-order valence-electron chi connectivity index (χ4n) is 1.47. The normalized spacial score (nSPS) is 15.4. The summed E-state index contributed by atoms with van der Waals surface area (Å²) in [5.41, 5.74) is 0. The molecule has 0 aromatic rings. The molecule has 0 bridgehead atoms. The molecule has 0 N–H and O–H groups in total. The largest absolute Gasteiger partial charge is 0.791 e. The Labute approximate surface area is 173 Å². The van der Waals surface area contributed by atoms with Gasteiger partial charge in [-0.2, -0.15) is 5.75 Å². The number of rotatable bonds is 4. The van der Waals surface area contributed by atoms with Crippen molar-refractivity contribution in [3.8, 4) is 0 Å². The van der Waals surface area contributed by atoms with Crippen molar-refractivity contribution in [2.75, 3.05) is 79.0 Å². The summed E-state index contributed by atoms with van der Waals surface area (Å²) in [5, 5.41) is 0. The molecule has 1 heterocycles. The van der Waals surface area contributed by atoms with Crippen LogP contribution in [0.15, 0.2) is 0 Å². The van der Waals surface area contributed by atoms with Gasteiger partial charge in [-0.25, -0.2) is 0 Å². The second-order valence-electron chi connectivity index (χ2n) is 5.57. The van der Waals surface area contributed by atoms with Crippen LogP contribution in [-0.4, -0.2) is 93.2 Å². The Morgan fingerprint density at radius 1 is 0.857 bits per heavy atom. The van der Waals surface area contributed by atoms with Crippen LogP contribution in [0.3, 0.4) is 0 Å². The van der Waals surface area contributed by atoms with Gasteiger partial charge < -0.3 is 39.5 Å². The van der Waals surface area contributed by atoms with Gasteiger partial charge in [-0.3, -0.25) is 0 Å². The van der Waals surface area contributed by atoms with Crippen LogP contribution in [0.25, 0.3) is 0 Å². The first kappa shape index (κ1) is 30.8. The number of piperazine rings is 1. The molecule has 1 saturated heterocycles. The van der Waals surface area contributed by atoms with Gasteiger partial charge in [0.1, 0.15) is 0 Å². The molecule has 0 aliphatic carbocycles. The Kier molecular flexibility index (Phi) is 29.3. The van der Waals surface area contributed by atoms with E-state index in [4.69, 9.17) is 25.3 Å². The predicted molar refractivity (Wildman–Crippen MR) is 92.6 cm³/mol. The van der Waals surface area contributed by atoms with Crippen molar-refractivity contribution in [1.29, 1.82) is 0 Å². The molecule has 0 radical (unpaired) electrons. The Morgan fingerprint density at radius 3 is 1.52 bits per heavy atom. The van der Waals surface area contributed by atoms with E-state index < -0.39 is 0 Å². The van der Waals surface area contributed by atoms with Gasteiger partial charge in [0.05, 0.1) is 27.7 Å². The SMILES string of the molecule is CC.CN1CCN(CC[S-])CC1.C[N+](C)(C)CC[S-].[W].[W]. The minimum atomic E-state index is 0. The van der Waals surface area contributed by atoms with Crippen LogP contribution in [0, 0.1) is 0 Å². The van der Waals surface area contributed by atoms with E-state index in [-0.39, 0.29) is 42.1 Å². The van der Waals surface area contributed by atoms with Crippen LogP contribution in [0.5, 0.6) is 0 Å². The Balaban J connectivity index is -0.000000118. The molecule has 1 aliphatic rings. The molecule has 21 heavy (non-hydrogen) atoms. The monoisotopic (exact) mass is 676 g/mol. The summed E-state index contributed by atoms with van der Waals surface area (Å²) in [6.45, 7) is 11.0. The van der Waals surface area contributed by atoms with E-state index in [9.17, 15) is 0 Å². The number of hydrogen-bond donors (Lipinski definition) is 0.